The first kappa shape index (κ1) is 29.3. The van der Waals surface area contributed by atoms with Crippen LogP contribution in [-0.2, 0) is 9.59 Å². The van der Waals surface area contributed by atoms with Crippen LogP contribution in [0.2, 0.25) is 0 Å². The van der Waals surface area contributed by atoms with Crippen molar-refractivity contribution >= 4 is 33.7 Å². The van der Waals surface area contributed by atoms with Gasteiger partial charge in [0.25, 0.3) is 0 Å². The quantitative estimate of drug-likeness (QED) is 0.199. The van der Waals surface area contributed by atoms with E-state index in [0.717, 1.165) is 18.4 Å². The Hall–Kier alpha value is -4.71. The molecular weight excluding hydrogens is 535 g/mol. The molecule has 4 aromatic rings. The Balaban J connectivity index is 0.000000426. The van der Waals surface area contributed by atoms with E-state index in [2.05, 4.69) is 14.9 Å². The minimum absolute atomic E-state index is 0.398. The predicted octanol–water partition coefficient (Wildman–Crippen LogP) is 5.00. The number of carboxylic acid groups (broad SMARTS) is 2. The lowest BCUT2D eigenvalue weighted by molar-refractivity contribution is -0.134. The first-order valence-electron chi connectivity index (χ1n) is 13.0. The number of carboxylic acids is 2. The van der Waals surface area contributed by atoms with Gasteiger partial charge >= 0.3 is 11.9 Å². The summed E-state index contributed by atoms with van der Waals surface area (Å²) in [5, 5.41) is 17.1. The lowest BCUT2D eigenvalue weighted by Gasteiger charge is -2.16. The van der Waals surface area contributed by atoms with Crippen molar-refractivity contribution in [1.82, 2.24) is 19.7 Å². The van der Waals surface area contributed by atoms with E-state index >= 15 is 0 Å². The van der Waals surface area contributed by atoms with E-state index in [1.165, 1.54) is 32.3 Å². The third-order valence-corrected chi connectivity index (χ3v) is 6.43. The number of benzene rings is 2. The highest BCUT2D eigenvalue weighted by atomic mass is 19.2. The maximum absolute atomic E-state index is 14.1. The topological polar surface area (TPSA) is 136 Å². The number of aromatic nitrogens is 3. The molecule has 0 bridgehead atoms. The van der Waals surface area contributed by atoms with Gasteiger partial charge in [-0.25, -0.2) is 19.6 Å². The minimum atomic E-state index is -1.26. The fourth-order valence-electron chi connectivity index (χ4n) is 4.49. The maximum atomic E-state index is 14.1. The number of methoxy groups -OCH3 is 1. The molecule has 0 saturated carbocycles. The highest BCUT2D eigenvalue weighted by Gasteiger charge is 2.15. The van der Waals surface area contributed by atoms with Gasteiger partial charge in [-0.2, -0.15) is 4.79 Å². The summed E-state index contributed by atoms with van der Waals surface area (Å²) in [7, 11) is 1.61. The number of aryl methyl sites for hydroxylation is 1. The zero-order valence-corrected chi connectivity index (χ0v) is 22.7. The van der Waals surface area contributed by atoms with Gasteiger partial charge in [-0.1, -0.05) is 4.48 Å². The highest BCUT2D eigenvalue weighted by Crippen LogP contribution is 2.36. The summed E-state index contributed by atoms with van der Waals surface area (Å²) >= 11 is 0. The first-order valence-corrected chi connectivity index (χ1v) is 13.0. The molecule has 11 nitrogen and oxygen atoms in total. The molecule has 12 heteroatoms. The van der Waals surface area contributed by atoms with Crippen LogP contribution in [0.1, 0.15) is 25.0 Å². The Kier molecular flexibility index (Phi) is 9.69. The molecule has 0 radical (unpaired) electrons. The summed E-state index contributed by atoms with van der Waals surface area (Å²) in [4.78, 5) is 30.9. The second-order valence-corrected chi connectivity index (χ2v) is 9.35. The second kappa shape index (κ2) is 13.6. The Morgan fingerprint density at radius 1 is 1.02 bits per heavy atom. The largest absolute Gasteiger partial charge is 0.493 e. The molecule has 1 fully saturated rings. The highest BCUT2D eigenvalue weighted by molar-refractivity contribution is 5.89. The van der Waals surface area contributed by atoms with E-state index in [1.807, 2.05) is 12.1 Å². The van der Waals surface area contributed by atoms with Gasteiger partial charge in [0.2, 0.25) is 5.88 Å². The van der Waals surface area contributed by atoms with E-state index in [4.69, 9.17) is 24.4 Å². The number of rotatable bonds is 10. The molecule has 2 aromatic heterocycles. The van der Waals surface area contributed by atoms with Gasteiger partial charge in [0.05, 0.1) is 30.1 Å². The summed E-state index contributed by atoms with van der Waals surface area (Å²) in [5.74, 6) is -0.301. The Morgan fingerprint density at radius 2 is 1.76 bits per heavy atom. The number of ether oxygens (including phenoxy) is 3. The number of hydrogen-bond acceptors (Lipinski definition) is 8. The smallest absolute Gasteiger partial charge is 0.328 e. The van der Waals surface area contributed by atoms with Crippen molar-refractivity contribution in [3.63, 3.8) is 0 Å². The van der Waals surface area contributed by atoms with Gasteiger partial charge in [-0.15, -0.1) is 0 Å². The summed E-state index contributed by atoms with van der Waals surface area (Å²) in [6.07, 6.45) is 6.12. The molecule has 2 N–H and O–H groups in total. The van der Waals surface area contributed by atoms with E-state index < -0.39 is 11.9 Å². The number of nitrogens with zero attached hydrogens (tertiary/aromatic N) is 4. The SMILES string of the molecule is COc1cc2c(Oc3ccc4c(c3)cc(C)n4F)ncnc2cc1OCCCN1CCCC1.O=C(O)/C=C\C(=O)O. The second-order valence-electron chi connectivity index (χ2n) is 9.35. The maximum Gasteiger partial charge on any atom is 0.328 e. The van der Waals surface area contributed by atoms with Crippen LogP contribution in [0.5, 0.6) is 23.1 Å². The van der Waals surface area contributed by atoms with Crippen LogP contribution in [0.15, 0.2) is 54.9 Å². The molecule has 1 saturated heterocycles. The number of carbonyl (C=O) groups is 2. The molecule has 1 aliphatic heterocycles. The van der Waals surface area contributed by atoms with Crippen molar-refractivity contribution in [3.05, 3.63) is 60.6 Å². The summed E-state index contributed by atoms with van der Waals surface area (Å²) < 4.78 is 31.7. The van der Waals surface area contributed by atoms with Crippen LogP contribution >= 0.6 is 0 Å². The van der Waals surface area contributed by atoms with Crippen molar-refractivity contribution in [2.75, 3.05) is 33.4 Å². The van der Waals surface area contributed by atoms with Gasteiger partial charge in [0.1, 0.15) is 12.1 Å². The standard InChI is InChI=1S/C25H27FN4O3.C4H4O4/c1-17-12-18-13-19(6-7-22(18)30(17)26)33-25-20-14-23(31-2)24(15-21(20)27-16-28-25)32-11-5-10-29-8-3-4-9-29;5-3(6)1-2-4(7)8/h6-7,12-16H,3-5,8-11H2,1-2H3;1-2H,(H,5,6)(H,7,8)/b;2-1-. The monoisotopic (exact) mass is 566 g/mol. The third-order valence-electron chi connectivity index (χ3n) is 6.43. The normalized spacial score (nSPS) is 13.3. The van der Waals surface area contributed by atoms with Crippen LogP contribution in [0, 0.1) is 6.92 Å². The molecule has 0 aliphatic carbocycles. The van der Waals surface area contributed by atoms with Crippen molar-refractivity contribution in [2.45, 2.75) is 26.2 Å². The van der Waals surface area contributed by atoms with Crippen molar-refractivity contribution < 1.29 is 38.5 Å². The van der Waals surface area contributed by atoms with Crippen LogP contribution in [0.25, 0.3) is 21.8 Å². The number of halogens is 1. The lowest BCUT2D eigenvalue weighted by Crippen LogP contribution is -2.21. The average Bonchev–Trinajstić information content (AvgIpc) is 3.57. The Morgan fingerprint density at radius 3 is 2.44 bits per heavy atom. The van der Waals surface area contributed by atoms with Gasteiger partial charge in [0.15, 0.2) is 11.5 Å². The van der Waals surface area contributed by atoms with Gasteiger partial charge < -0.3 is 29.3 Å². The summed E-state index contributed by atoms with van der Waals surface area (Å²) in [6, 6.07) is 10.7. The third kappa shape index (κ3) is 7.70. The van der Waals surface area contributed by atoms with E-state index in [9.17, 15) is 14.1 Å². The minimum Gasteiger partial charge on any atom is -0.493 e. The lowest BCUT2D eigenvalue weighted by atomic mass is 10.2. The van der Waals surface area contributed by atoms with Crippen molar-refractivity contribution in [3.8, 4) is 23.1 Å². The first-order chi connectivity index (χ1) is 19.7. The van der Waals surface area contributed by atoms with E-state index in [1.54, 1.807) is 38.3 Å². The predicted molar refractivity (Wildman–Crippen MR) is 150 cm³/mol. The molecule has 0 unspecified atom stereocenters. The number of aliphatic carboxylic acids is 2. The summed E-state index contributed by atoms with van der Waals surface area (Å²) in [5.41, 5.74) is 1.73. The van der Waals surface area contributed by atoms with E-state index in [-0.39, 0.29) is 0 Å². The van der Waals surface area contributed by atoms with Crippen LogP contribution in [0.4, 0.5) is 4.48 Å². The van der Waals surface area contributed by atoms with Crippen LogP contribution in [-0.4, -0.2) is 75.2 Å². The van der Waals surface area contributed by atoms with Gasteiger partial charge in [-0.05, 0) is 69.6 Å². The molecule has 0 amide bonds. The Labute approximate surface area is 235 Å². The molecule has 0 spiro atoms. The fraction of sp³-hybridized carbons (Fsp3) is 0.310. The molecule has 0 atom stereocenters. The van der Waals surface area contributed by atoms with Crippen LogP contribution in [0.3, 0.4) is 0 Å². The molecule has 3 heterocycles. The molecule has 41 heavy (non-hydrogen) atoms. The zero-order valence-electron chi connectivity index (χ0n) is 22.7. The van der Waals surface area contributed by atoms with Crippen molar-refractivity contribution in [1.29, 1.82) is 0 Å². The molecular formula is C29H31FN4O7. The van der Waals surface area contributed by atoms with E-state index in [0.29, 0.717) is 68.8 Å². The van der Waals surface area contributed by atoms with Crippen molar-refractivity contribution in [2.24, 2.45) is 0 Å². The zero-order chi connectivity index (χ0) is 29.4. The Bertz CT molecular complexity index is 1550. The number of fused-ring (bicyclic) bond motifs is 2. The van der Waals surface area contributed by atoms with Crippen LogP contribution < -0.4 is 14.2 Å². The van der Waals surface area contributed by atoms with Gasteiger partial charge in [-0.3, -0.25) is 0 Å². The summed E-state index contributed by atoms with van der Waals surface area (Å²) in [6.45, 7) is 5.75. The molecule has 5 rings (SSSR count). The molecule has 216 valence electrons. The fourth-order valence-corrected chi connectivity index (χ4v) is 4.49. The average molecular weight is 567 g/mol. The number of likely N-dealkylation sites (tertiary alicyclic amines) is 1. The molecule has 1 aliphatic rings. The number of hydrogen-bond donors (Lipinski definition) is 2. The van der Waals surface area contributed by atoms with Gasteiger partial charge in [0, 0.05) is 35.8 Å². The molecule has 2 aromatic carbocycles.